The zero-order chi connectivity index (χ0) is 20.4. The van der Waals surface area contributed by atoms with E-state index in [1.807, 2.05) is 61.5 Å². The minimum atomic E-state index is -0.667. The first-order valence-electron chi connectivity index (χ1n) is 9.93. The molecule has 150 valence electrons. The van der Waals surface area contributed by atoms with Gasteiger partial charge in [-0.15, -0.1) is 0 Å². The van der Waals surface area contributed by atoms with Crippen LogP contribution in [0.5, 0.6) is 5.75 Å². The molecule has 0 aliphatic rings. The van der Waals surface area contributed by atoms with Crippen molar-refractivity contribution in [3.8, 4) is 5.75 Å². The molecule has 0 aromatic heterocycles. The van der Waals surface area contributed by atoms with Crippen LogP contribution in [-0.4, -0.2) is 17.9 Å². The van der Waals surface area contributed by atoms with Gasteiger partial charge in [-0.2, -0.15) is 0 Å². The van der Waals surface area contributed by atoms with Gasteiger partial charge in [0.2, 0.25) is 5.91 Å². The Morgan fingerprint density at radius 1 is 0.929 bits per heavy atom. The first kappa shape index (κ1) is 21.5. The number of rotatable bonds is 9. The van der Waals surface area contributed by atoms with E-state index < -0.39 is 6.10 Å². The van der Waals surface area contributed by atoms with Crippen LogP contribution < -0.4 is 15.6 Å². The molecule has 0 radical (unpaired) electrons. The van der Waals surface area contributed by atoms with Gasteiger partial charge in [-0.1, -0.05) is 69.3 Å². The second-order valence-electron chi connectivity index (χ2n) is 6.88. The number of para-hydroxylation sites is 1. The lowest BCUT2D eigenvalue weighted by molar-refractivity contribution is -0.133. The maximum atomic E-state index is 12.5. The highest BCUT2D eigenvalue weighted by Crippen LogP contribution is 2.29. The molecule has 0 aliphatic heterocycles. The standard InChI is InChI=1S/C23H30N2O3/c1-4-17(3)19-13-9-10-14-21(19)28-20(5-2)23(27)25-24-22(26)16-15-18-11-7-6-8-12-18/h6-14,17,20H,4-5,15-16H2,1-3H3,(H,24,26)(H,25,27). The van der Waals surface area contributed by atoms with Gasteiger partial charge in [0.05, 0.1) is 0 Å². The van der Waals surface area contributed by atoms with E-state index in [4.69, 9.17) is 4.74 Å². The van der Waals surface area contributed by atoms with Crippen molar-refractivity contribution >= 4 is 11.8 Å². The number of aryl methyl sites for hydroxylation is 1. The van der Waals surface area contributed by atoms with Gasteiger partial charge in [0.15, 0.2) is 6.10 Å². The van der Waals surface area contributed by atoms with E-state index in [1.54, 1.807) is 0 Å². The Hall–Kier alpha value is -2.82. The van der Waals surface area contributed by atoms with Crippen LogP contribution in [0.25, 0.3) is 0 Å². The van der Waals surface area contributed by atoms with Crippen LogP contribution >= 0.6 is 0 Å². The molecule has 0 aliphatic carbocycles. The number of carbonyl (C=O) groups excluding carboxylic acids is 2. The number of hydrogen-bond acceptors (Lipinski definition) is 3. The van der Waals surface area contributed by atoms with Crippen molar-refractivity contribution in [3.63, 3.8) is 0 Å². The molecule has 0 bridgehead atoms. The van der Waals surface area contributed by atoms with E-state index in [9.17, 15) is 9.59 Å². The first-order valence-corrected chi connectivity index (χ1v) is 9.93. The summed E-state index contributed by atoms with van der Waals surface area (Å²) in [6.45, 7) is 6.14. The fourth-order valence-corrected chi connectivity index (χ4v) is 2.87. The van der Waals surface area contributed by atoms with Gasteiger partial charge in [0, 0.05) is 6.42 Å². The summed E-state index contributed by atoms with van der Waals surface area (Å²) in [6.07, 6.45) is 1.75. The molecule has 0 fully saturated rings. The number of nitrogens with one attached hydrogen (secondary N) is 2. The minimum absolute atomic E-state index is 0.230. The van der Waals surface area contributed by atoms with Crippen LogP contribution in [0.2, 0.25) is 0 Å². The summed E-state index contributed by atoms with van der Waals surface area (Å²) >= 11 is 0. The number of amides is 2. The molecular formula is C23H30N2O3. The van der Waals surface area contributed by atoms with Crippen LogP contribution in [0, 0.1) is 0 Å². The molecule has 28 heavy (non-hydrogen) atoms. The van der Waals surface area contributed by atoms with Crippen LogP contribution in [0.15, 0.2) is 54.6 Å². The number of benzene rings is 2. The zero-order valence-corrected chi connectivity index (χ0v) is 16.9. The second kappa shape index (κ2) is 11.1. The summed E-state index contributed by atoms with van der Waals surface area (Å²) in [5.74, 6) is 0.477. The summed E-state index contributed by atoms with van der Waals surface area (Å²) < 4.78 is 5.98. The molecule has 5 nitrogen and oxygen atoms in total. The summed E-state index contributed by atoms with van der Waals surface area (Å²) in [7, 11) is 0. The fourth-order valence-electron chi connectivity index (χ4n) is 2.87. The maximum Gasteiger partial charge on any atom is 0.279 e. The smallest absolute Gasteiger partial charge is 0.279 e. The van der Waals surface area contributed by atoms with E-state index in [1.165, 1.54) is 0 Å². The Labute approximate surface area is 167 Å². The quantitative estimate of drug-likeness (QED) is 0.641. The monoisotopic (exact) mass is 382 g/mol. The van der Waals surface area contributed by atoms with Gasteiger partial charge in [-0.25, -0.2) is 0 Å². The normalized spacial score (nSPS) is 12.7. The van der Waals surface area contributed by atoms with Gasteiger partial charge in [-0.05, 0) is 42.4 Å². The van der Waals surface area contributed by atoms with Gasteiger partial charge in [-0.3, -0.25) is 20.4 Å². The molecule has 2 rings (SSSR count). The fraction of sp³-hybridized carbons (Fsp3) is 0.391. The summed E-state index contributed by atoms with van der Waals surface area (Å²) in [6, 6.07) is 17.6. The van der Waals surface area contributed by atoms with Crippen molar-refractivity contribution in [3.05, 3.63) is 65.7 Å². The van der Waals surface area contributed by atoms with Crippen molar-refractivity contribution in [1.82, 2.24) is 10.9 Å². The molecule has 5 heteroatoms. The lowest BCUT2D eigenvalue weighted by Gasteiger charge is -2.21. The predicted octanol–water partition coefficient (Wildman–Crippen LogP) is 4.14. The number of ether oxygens (including phenoxy) is 1. The topological polar surface area (TPSA) is 67.4 Å². The Kier molecular flexibility index (Phi) is 8.53. The third kappa shape index (κ3) is 6.41. The van der Waals surface area contributed by atoms with E-state index >= 15 is 0 Å². The molecule has 0 spiro atoms. The Balaban J connectivity index is 1.87. The van der Waals surface area contributed by atoms with E-state index in [2.05, 4.69) is 24.7 Å². The molecule has 2 atom stereocenters. The average molecular weight is 383 g/mol. The van der Waals surface area contributed by atoms with E-state index in [-0.39, 0.29) is 11.8 Å². The average Bonchev–Trinajstić information content (AvgIpc) is 2.74. The Morgan fingerprint density at radius 3 is 2.29 bits per heavy atom. The predicted molar refractivity (Wildman–Crippen MR) is 111 cm³/mol. The number of hydrazine groups is 1. The molecule has 2 unspecified atom stereocenters. The number of carbonyl (C=O) groups is 2. The molecule has 2 amide bonds. The van der Waals surface area contributed by atoms with Crippen molar-refractivity contribution in [2.75, 3.05) is 0 Å². The second-order valence-corrected chi connectivity index (χ2v) is 6.88. The van der Waals surface area contributed by atoms with E-state index in [0.717, 1.165) is 17.5 Å². The van der Waals surface area contributed by atoms with Crippen LogP contribution in [0.3, 0.4) is 0 Å². The lowest BCUT2D eigenvalue weighted by atomic mass is 9.98. The third-order valence-electron chi connectivity index (χ3n) is 4.80. The highest BCUT2D eigenvalue weighted by Gasteiger charge is 2.21. The van der Waals surface area contributed by atoms with Crippen molar-refractivity contribution in [2.24, 2.45) is 0 Å². The first-order chi connectivity index (χ1) is 13.5. The maximum absolute atomic E-state index is 12.5. The van der Waals surface area contributed by atoms with Gasteiger partial charge < -0.3 is 4.74 Å². The SMILES string of the molecule is CCC(Oc1ccccc1C(C)CC)C(=O)NNC(=O)CCc1ccccc1. The molecule has 0 saturated heterocycles. The highest BCUT2D eigenvalue weighted by atomic mass is 16.5. The Morgan fingerprint density at radius 2 is 1.61 bits per heavy atom. The summed E-state index contributed by atoms with van der Waals surface area (Å²) in [5, 5.41) is 0. The van der Waals surface area contributed by atoms with Crippen molar-refractivity contribution < 1.29 is 14.3 Å². The van der Waals surface area contributed by atoms with Gasteiger partial charge >= 0.3 is 0 Å². The molecular weight excluding hydrogens is 352 g/mol. The summed E-state index contributed by atoms with van der Waals surface area (Å²) in [5.41, 5.74) is 7.14. The highest BCUT2D eigenvalue weighted by molar-refractivity contribution is 5.84. The van der Waals surface area contributed by atoms with Crippen LogP contribution in [0.4, 0.5) is 0 Å². The van der Waals surface area contributed by atoms with Gasteiger partial charge in [0.1, 0.15) is 5.75 Å². The molecule has 0 saturated carbocycles. The Bertz CT molecular complexity index is 761. The van der Waals surface area contributed by atoms with Crippen LogP contribution in [0.1, 0.15) is 57.1 Å². The van der Waals surface area contributed by atoms with Crippen molar-refractivity contribution in [2.45, 2.75) is 58.5 Å². The zero-order valence-electron chi connectivity index (χ0n) is 16.9. The van der Waals surface area contributed by atoms with Gasteiger partial charge in [0.25, 0.3) is 5.91 Å². The number of hydrogen-bond donors (Lipinski definition) is 2. The van der Waals surface area contributed by atoms with Crippen LogP contribution in [-0.2, 0) is 16.0 Å². The molecule has 2 N–H and O–H groups in total. The molecule has 2 aromatic carbocycles. The third-order valence-corrected chi connectivity index (χ3v) is 4.80. The largest absolute Gasteiger partial charge is 0.480 e. The minimum Gasteiger partial charge on any atom is -0.480 e. The lowest BCUT2D eigenvalue weighted by Crippen LogP contribution is -2.48. The molecule has 2 aromatic rings. The van der Waals surface area contributed by atoms with Crippen molar-refractivity contribution in [1.29, 1.82) is 0 Å². The van der Waals surface area contributed by atoms with E-state index in [0.29, 0.717) is 30.9 Å². The summed E-state index contributed by atoms with van der Waals surface area (Å²) in [4.78, 5) is 24.5. The molecule has 0 heterocycles.